The predicted octanol–water partition coefficient (Wildman–Crippen LogP) is 2.99. The van der Waals surface area contributed by atoms with Gasteiger partial charge in [-0.3, -0.25) is 4.99 Å². The van der Waals surface area contributed by atoms with Crippen molar-refractivity contribution in [1.29, 1.82) is 0 Å². The molecule has 0 radical (unpaired) electrons. The standard InChI is InChI=1S/C19H30N4O/c1-14-15-9-7-8-10-16(15)24-17(14)11-21-18(20-4)22-12-19(2,3)13-23(5)6/h7-10H,11-13H2,1-6H3,(H2,20,21,22). The molecule has 0 saturated heterocycles. The van der Waals surface area contributed by atoms with Crippen molar-refractivity contribution in [3.63, 3.8) is 0 Å². The Bertz CT molecular complexity index is 700. The lowest BCUT2D eigenvalue weighted by atomic mass is 9.93. The third kappa shape index (κ3) is 4.74. The molecule has 0 unspecified atom stereocenters. The highest BCUT2D eigenvalue weighted by atomic mass is 16.3. The first-order valence-corrected chi connectivity index (χ1v) is 8.38. The van der Waals surface area contributed by atoms with Gasteiger partial charge in [0.15, 0.2) is 5.96 Å². The van der Waals surface area contributed by atoms with E-state index in [0.29, 0.717) is 6.54 Å². The number of benzene rings is 1. The second kappa shape index (κ2) is 7.71. The first-order chi connectivity index (χ1) is 11.3. The molecule has 24 heavy (non-hydrogen) atoms. The van der Waals surface area contributed by atoms with E-state index >= 15 is 0 Å². The largest absolute Gasteiger partial charge is 0.459 e. The molecule has 0 fully saturated rings. The number of fused-ring (bicyclic) bond motifs is 1. The van der Waals surface area contributed by atoms with Crippen LogP contribution in [-0.2, 0) is 6.54 Å². The van der Waals surface area contributed by atoms with Crippen LogP contribution in [0.1, 0.15) is 25.2 Å². The lowest BCUT2D eigenvalue weighted by molar-refractivity contribution is 0.241. The number of rotatable bonds is 6. The average Bonchev–Trinajstić information content (AvgIpc) is 2.83. The van der Waals surface area contributed by atoms with Gasteiger partial charge in [-0.05, 0) is 32.5 Å². The van der Waals surface area contributed by atoms with E-state index in [1.54, 1.807) is 7.05 Å². The first kappa shape index (κ1) is 18.3. The zero-order chi connectivity index (χ0) is 17.7. The molecular formula is C19H30N4O. The number of para-hydroxylation sites is 1. The molecule has 5 nitrogen and oxygen atoms in total. The van der Waals surface area contributed by atoms with Gasteiger partial charge in [0, 0.05) is 31.1 Å². The van der Waals surface area contributed by atoms with Crippen LogP contribution >= 0.6 is 0 Å². The summed E-state index contributed by atoms with van der Waals surface area (Å²) in [5.74, 6) is 1.74. The van der Waals surface area contributed by atoms with Crippen molar-refractivity contribution in [2.75, 3.05) is 34.2 Å². The molecule has 0 aliphatic rings. The summed E-state index contributed by atoms with van der Waals surface area (Å²) in [6, 6.07) is 8.13. The van der Waals surface area contributed by atoms with Gasteiger partial charge in [-0.2, -0.15) is 0 Å². The fourth-order valence-electron chi connectivity index (χ4n) is 3.01. The SMILES string of the molecule is CN=C(NCc1oc2ccccc2c1C)NCC(C)(C)CN(C)C. The topological polar surface area (TPSA) is 52.8 Å². The van der Waals surface area contributed by atoms with E-state index < -0.39 is 0 Å². The van der Waals surface area contributed by atoms with Crippen LogP contribution in [0.2, 0.25) is 0 Å². The smallest absolute Gasteiger partial charge is 0.191 e. The van der Waals surface area contributed by atoms with Gasteiger partial charge in [-0.25, -0.2) is 0 Å². The molecule has 1 aromatic carbocycles. The summed E-state index contributed by atoms with van der Waals surface area (Å²) in [5, 5.41) is 7.92. The van der Waals surface area contributed by atoms with Gasteiger partial charge in [-0.15, -0.1) is 0 Å². The zero-order valence-electron chi connectivity index (χ0n) is 15.7. The van der Waals surface area contributed by atoms with E-state index in [1.165, 1.54) is 10.9 Å². The van der Waals surface area contributed by atoms with Crippen molar-refractivity contribution in [2.45, 2.75) is 27.3 Å². The van der Waals surface area contributed by atoms with Crippen molar-refractivity contribution in [2.24, 2.45) is 10.4 Å². The highest BCUT2D eigenvalue weighted by Gasteiger charge is 2.19. The molecule has 1 heterocycles. The van der Waals surface area contributed by atoms with Gasteiger partial charge in [0.25, 0.3) is 0 Å². The molecule has 2 N–H and O–H groups in total. The van der Waals surface area contributed by atoms with Crippen molar-refractivity contribution in [3.05, 3.63) is 35.6 Å². The average molecular weight is 330 g/mol. The molecule has 0 atom stereocenters. The van der Waals surface area contributed by atoms with Crippen LogP contribution in [-0.4, -0.2) is 45.1 Å². The summed E-state index contributed by atoms with van der Waals surface area (Å²) in [4.78, 5) is 6.51. The van der Waals surface area contributed by atoms with Crippen LogP contribution in [0.5, 0.6) is 0 Å². The molecule has 132 valence electrons. The van der Waals surface area contributed by atoms with Gasteiger partial charge in [-0.1, -0.05) is 32.0 Å². The molecule has 0 spiro atoms. The quantitative estimate of drug-likeness (QED) is 0.631. The molecule has 0 saturated carbocycles. The van der Waals surface area contributed by atoms with Crippen molar-refractivity contribution in [1.82, 2.24) is 15.5 Å². The number of nitrogens with zero attached hydrogens (tertiary/aromatic N) is 2. The highest BCUT2D eigenvalue weighted by Crippen LogP contribution is 2.24. The van der Waals surface area contributed by atoms with Crippen molar-refractivity contribution >= 4 is 16.9 Å². The van der Waals surface area contributed by atoms with Crippen LogP contribution in [0.3, 0.4) is 0 Å². The lowest BCUT2D eigenvalue weighted by Crippen LogP contribution is -2.44. The molecule has 1 aromatic heterocycles. The van der Waals surface area contributed by atoms with E-state index in [1.807, 2.05) is 18.2 Å². The maximum atomic E-state index is 5.94. The summed E-state index contributed by atoms with van der Waals surface area (Å²) in [5.41, 5.74) is 2.28. The minimum atomic E-state index is 0.163. The zero-order valence-corrected chi connectivity index (χ0v) is 15.7. The Morgan fingerprint density at radius 3 is 2.54 bits per heavy atom. The fraction of sp³-hybridized carbons (Fsp3) is 0.526. The Morgan fingerprint density at radius 2 is 1.92 bits per heavy atom. The number of aliphatic imine (C=N–C) groups is 1. The van der Waals surface area contributed by atoms with Crippen molar-refractivity contribution in [3.8, 4) is 0 Å². The predicted molar refractivity (Wildman–Crippen MR) is 101 cm³/mol. The number of hydrogen-bond donors (Lipinski definition) is 2. The van der Waals surface area contributed by atoms with Gasteiger partial charge in [0.2, 0.25) is 0 Å². The molecule has 5 heteroatoms. The van der Waals surface area contributed by atoms with Crippen LogP contribution < -0.4 is 10.6 Å². The monoisotopic (exact) mass is 330 g/mol. The van der Waals surface area contributed by atoms with E-state index in [0.717, 1.165) is 30.4 Å². The van der Waals surface area contributed by atoms with E-state index in [4.69, 9.17) is 4.42 Å². The maximum absolute atomic E-state index is 5.94. The van der Waals surface area contributed by atoms with Crippen LogP contribution in [0.15, 0.2) is 33.7 Å². The minimum absolute atomic E-state index is 0.163. The van der Waals surface area contributed by atoms with E-state index in [9.17, 15) is 0 Å². The third-order valence-corrected chi connectivity index (χ3v) is 4.06. The van der Waals surface area contributed by atoms with Crippen LogP contribution in [0.4, 0.5) is 0 Å². The summed E-state index contributed by atoms with van der Waals surface area (Å²) >= 11 is 0. The molecule has 0 amide bonds. The Hall–Kier alpha value is -2.01. The van der Waals surface area contributed by atoms with Crippen LogP contribution in [0.25, 0.3) is 11.0 Å². The first-order valence-electron chi connectivity index (χ1n) is 8.38. The third-order valence-electron chi connectivity index (χ3n) is 4.06. The molecule has 0 aliphatic carbocycles. The minimum Gasteiger partial charge on any atom is -0.459 e. The second-order valence-corrected chi connectivity index (χ2v) is 7.33. The number of aryl methyl sites for hydroxylation is 1. The number of furan rings is 1. The summed E-state index contributed by atoms with van der Waals surface area (Å²) < 4.78 is 5.94. The molecule has 0 aliphatic heterocycles. The summed E-state index contributed by atoms with van der Waals surface area (Å²) in [6.45, 7) is 9.07. The Balaban J connectivity index is 1.95. The highest BCUT2D eigenvalue weighted by molar-refractivity contribution is 5.82. The van der Waals surface area contributed by atoms with E-state index in [2.05, 4.69) is 61.5 Å². The lowest BCUT2D eigenvalue weighted by Gasteiger charge is -2.29. The van der Waals surface area contributed by atoms with Gasteiger partial charge in [0.05, 0.1) is 6.54 Å². The molecule has 2 aromatic rings. The van der Waals surface area contributed by atoms with Gasteiger partial charge < -0.3 is 20.0 Å². The van der Waals surface area contributed by atoms with Gasteiger partial charge >= 0.3 is 0 Å². The summed E-state index contributed by atoms with van der Waals surface area (Å²) in [6.07, 6.45) is 0. The number of nitrogens with one attached hydrogen (secondary N) is 2. The summed E-state index contributed by atoms with van der Waals surface area (Å²) in [7, 11) is 5.98. The molecular weight excluding hydrogens is 300 g/mol. The second-order valence-electron chi connectivity index (χ2n) is 7.33. The normalized spacial score (nSPS) is 12.9. The van der Waals surface area contributed by atoms with Crippen molar-refractivity contribution < 1.29 is 4.42 Å². The Labute approximate surface area is 145 Å². The number of hydrogen-bond acceptors (Lipinski definition) is 3. The maximum Gasteiger partial charge on any atom is 0.191 e. The van der Waals surface area contributed by atoms with Crippen LogP contribution in [0, 0.1) is 12.3 Å². The Morgan fingerprint density at radius 1 is 1.21 bits per heavy atom. The van der Waals surface area contributed by atoms with Gasteiger partial charge in [0.1, 0.15) is 11.3 Å². The Kier molecular flexibility index (Phi) is 5.89. The fourth-order valence-corrected chi connectivity index (χ4v) is 3.01. The van der Waals surface area contributed by atoms with E-state index in [-0.39, 0.29) is 5.41 Å². The molecule has 2 rings (SSSR count). The number of guanidine groups is 1. The molecule has 0 bridgehead atoms.